The molecule has 0 radical (unpaired) electrons. The van der Waals surface area contributed by atoms with Crippen LogP contribution in [0.2, 0.25) is 10.0 Å². The first-order valence-corrected chi connectivity index (χ1v) is 11.4. The molecule has 3 aromatic rings. The Bertz CT molecular complexity index is 1130. The molecule has 0 bridgehead atoms. The highest BCUT2D eigenvalue weighted by atomic mass is 35.5. The van der Waals surface area contributed by atoms with Crippen LogP contribution in [-0.4, -0.2) is 20.4 Å². The number of hydrogen-bond acceptors (Lipinski definition) is 3. The van der Waals surface area contributed by atoms with Gasteiger partial charge in [-0.05, 0) is 49.2 Å². The van der Waals surface area contributed by atoms with E-state index in [2.05, 4.69) is 10.0 Å². The van der Waals surface area contributed by atoms with Crippen molar-refractivity contribution in [2.75, 3.05) is 5.32 Å². The van der Waals surface area contributed by atoms with Crippen LogP contribution in [-0.2, 0) is 21.2 Å². The molecule has 1 amide bonds. The van der Waals surface area contributed by atoms with Gasteiger partial charge in [-0.1, -0.05) is 71.2 Å². The summed E-state index contributed by atoms with van der Waals surface area (Å²) in [4.78, 5) is 13.1. The molecule has 0 spiro atoms. The lowest BCUT2D eigenvalue weighted by molar-refractivity contribution is -0.117. The largest absolute Gasteiger partial charge is 0.325 e. The Morgan fingerprint density at radius 3 is 2.23 bits per heavy atom. The normalized spacial score (nSPS) is 12.4. The van der Waals surface area contributed by atoms with E-state index in [-0.39, 0.29) is 16.3 Å². The van der Waals surface area contributed by atoms with E-state index in [4.69, 9.17) is 23.2 Å². The molecule has 30 heavy (non-hydrogen) atoms. The summed E-state index contributed by atoms with van der Waals surface area (Å²) in [5, 5.41) is 3.35. The van der Waals surface area contributed by atoms with Crippen LogP contribution in [0.25, 0.3) is 0 Å². The van der Waals surface area contributed by atoms with E-state index in [1.54, 1.807) is 24.3 Å². The van der Waals surface area contributed by atoms with Gasteiger partial charge < -0.3 is 5.32 Å². The van der Waals surface area contributed by atoms with Gasteiger partial charge in [0, 0.05) is 5.69 Å². The van der Waals surface area contributed by atoms with E-state index in [1.165, 1.54) is 18.2 Å². The van der Waals surface area contributed by atoms with Crippen molar-refractivity contribution in [2.24, 2.45) is 0 Å². The molecule has 0 saturated heterocycles. The van der Waals surface area contributed by atoms with Gasteiger partial charge in [-0.2, -0.15) is 4.72 Å². The summed E-state index contributed by atoms with van der Waals surface area (Å²) in [5.74, 6) is -0.507. The van der Waals surface area contributed by atoms with Crippen molar-refractivity contribution >= 4 is 44.8 Å². The number of hydrogen-bond donors (Lipinski definition) is 2. The molecule has 0 heterocycles. The van der Waals surface area contributed by atoms with Crippen molar-refractivity contribution in [2.45, 2.75) is 24.3 Å². The Morgan fingerprint density at radius 2 is 1.60 bits per heavy atom. The van der Waals surface area contributed by atoms with Crippen LogP contribution >= 0.6 is 23.2 Å². The fourth-order valence-electron chi connectivity index (χ4n) is 2.81. The fraction of sp³-hybridized carbons (Fsp3) is 0.136. The van der Waals surface area contributed by atoms with Gasteiger partial charge in [0.2, 0.25) is 15.9 Å². The summed E-state index contributed by atoms with van der Waals surface area (Å²) in [7, 11) is -3.91. The zero-order valence-electron chi connectivity index (χ0n) is 16.1. The van der Waals surface area contributed by atoms with Crippen LogP contribution in [0.5, 0.6) is 0 Å². The molecule has 3 rings (SSSR count). The molecule has 156 valence electrons. The third-order valence-electron chi connectivity index (χ3n) is 4.41. The summed E-state index contributed by atoms with van der Waals surface area (Å²) in [6.45, 7) is 1.87. The van der Waals surface area contributed by atoms with E-state index < -0.39 is 22.0 Å². The maximum Gasteiger partial charge on any atom is 0.242 e. The second-order valence-electron chi connectivity index (χ2n) is 6.79. The third-order valence-corrected chi connectivity index (χ3v) is 6.64. The number of halogens is 2. The van der Waals surface area contributed by atoms with Gasteiger partial charge in [-0.25, -0.2) is 8.42 Å². The zero-order chi connectivity index (χ0) is 21.7. The van der Waals surface area contributed by atoms with E-state index in [9.17, 15) is 13.2 Å². The summed E-state index contributed by atoms with van der Waals surface area (Å²) in [6.07, 6.45) is 0.180. The van der Waals surface area contributed by atoms with Gasteiger partial charge in [0.15, 0.2) is 0 Å². The molecule has 0 aromatic heterocycles. The number of amides is 1. The standard InChI is InChI=1S/C22H20Cl2N2O3S/c1-15-7-10-18(11-8-15)30(28,29)26-21(13-16-5-3-2-4-6-16)22(27)25-17-9-12-19(23)20(24)14-17/h2-12,14,21,26H,13H2,1H3,(H,25,27). The second-order valence-corrected chi connectivity index (χ2v) is 9.32. The molecule has 3 aromatic carbocycles. The first-order valence-electron chi connectivity index (χ1n) is 9.13. The highest BCUT2D eigenvalue weighted by Gasteiger charge is 2.26. The predicted octanol–water partition coefficient (Wildman–Crippen LogP) is 4.83. The zero-order valence-corrected chi connectivity index (χ0v) is 18.4. The molecular weight excluding hydrogens is 443 g/mol. The first-order chi connectivity index (χ1) is 14.2. The highest BCUT2D eigenvalue weighted by Crippen LogP contribution is 2.25. The van der Waals surface area contributed by atoms with E-state index in [0.717, 1.165) is 11.1 Å². The molecule has 1 atom stereocenters. The Kier molecular flexibility index (Phi) is 7.15. The molecule has 0 aliphatic heterocycles. The Balaban J connectivity index is 1.86. The number of benzene rings is 3. The van der Waals surface area contributed by atoms with Crippen LogP contribution in [0.4, 0.5) is 5.69 Å². The molecule has 2 N–H and O–H groups in total. The van der Waals surface area contributed by atoms with Gasteiger partial charge in [-0.15, -0.1) is 0 Å². The summed E-state index contributed by atoms with van der Waals surface area (Å²) in [5.41, 5.74) is 2.17. The minimum absolute atomic E-state index is 0.0912. The molecule has 1 unspecified atom stereocenters. The van der Waals surface area contributed by atoms with Crippen LogP contribution in [0.1, 0.15) is 11.1 Å². The Hall–Kier alpha value is -2.38. The number of carbonyl (C=O) groups is 1. The van der Waals surface area contributed by atoms with Crippen molar-refractivity contribution in [3.8, 4) is 0 Å². The number of carbonyl (C=O) groups excluding carboxylic acids is 1. The van der Waals surface area contributed by atoms with Crippen LogP contribution in [0.15, 0.2) is 77.7 Å². The van der Waals surface area contributed by atoms with Crippen LogP contribution in [0.3, 0.4) is 0 Å². The van der Waals surface area contributed by atoms with Crippen molar-refractivity contribution in [1.82, 2.24) is 4.72 Å². The highest BCUT2D eigenvalue weighted by molar-refractivity contribution is 7.89. The molecule has 5 nitrogen and oxygen atoms in total. The van der Waals surface area contributed by atoms with Crippen molar-refractivity contribution in [1.29, 1.82) is 0 Å². The molecule has 8 heteroatoms. The Morgan fingerprint density at radius 1 is 0.933 bits per heavy atom. The molecular formula is C22H20Cl2N2O3S. The van der Waals surface area contributed by atoms with Gasteiger partial charge >= 0.3 is 0 Å². The summed E-state index contributed by atoms with van der Waals surface area (Å²) < 4.78 is 28.3. The topological polar surface area (TPSA) is 75.3 Å². The third kappa shape index (κ3) is 5.83. The average molecular weight is 463 g/mol. The van der Waals surface area contributed by atoms with Gasteiger partial charge in [0.1, 0.15) is 6.04 Å². The van der Waals surface area contributed by atoms with Gasteiger partial charge in [0.25, 0.3) is 0 Å². The summed E-state index contributed by atoms with van der Waals surface area (Å²) in [6, 6.07) is 19.2. The Labute approximate surface area is 186 Å². The molecule has 0 aliphatic rings. The van der Waals surface area contributed by atoms with E-state index in [0.29, 0.717) is 10.7 Å². The van der Waals surface area contributed by atoms with Gasteiger partial charge in [-0.3, -0.25) is 4.79 Å². The van der Waals surface area contributed by atoms with Crippen LogP contribution in [0, 0.1) is 6.92 Å². The maximum absolute atomic E-state index is 13.0. The SMILES string of the molecule is Cc1ccc(S(=O)(=O)NC(Cc2ccccc2)C(=O)Nc2ccc(Cl)c(Cl)c2)cc1. The lowest BCUT2D eigenvalue weighted by Gasteiger charge is -2.19. The maximum atomic E-state index is 13.0. The van der Waals surface area contributed by atoms with Crippen molar-refractivity contribution in [3.63, 3.8) is 0 Å². The molecule has 0 saturated carbocycles. The minimum atomic E-state index is -3.91. The number of anilines is 1. The van der Waals surface area contributed by atoms with Crippen molar-refractivity contribution < 1.29 is 13.2 Å². The first kappa shape index (κ1) is 22.3. The average Bonchev–Trinajstić information content (AvgIpc) is 2.71. The quantitative estimate of drug-likeness (QED) is 0.527. The molecule has 0 fully saturated rings. The monoisotopic (exact) mass is 462 g/mol. The number of sulfonamides is 1. The molecule has 0 aliphatic carbocycles. The predicted molar refractivity (Wildman–Crippen MR) is 121 cm³/mol. The van der Waals surface area contributed by atoms with E-state index >= 15 is 0 Å². The smallest absolute Gasteiger partial charge is 0.242 e. The van der Waals surface area contributed by atoms with Crippen LogP contribution < -0.4 is 10.0 Å². The lowest BCUT2D eigenvalue weighted by atomic mass is 10.1. The van der Waals surface area contributed by atoms with E-state index in [1.807, 2.05) is 37.3 Å². The fourth-order valence-corrected chi connectivity index (χ4v) is 4.31. The number of aryl methyl sites for hydroxylation is 1. The second kappa shape index (κ2) is 9.62. The minimum Gasteiger partial charge on any atom is -0.325 e. The van der Waals surface area contributed by atoms with Crippen molar-refractivity contribution in [3.05, 3.63) is 94.0 Å². The summed E-state index contributed by atoms with van der Waals surface area (Å²) >= 11 is 11.9. The number of nitrogens with one attached hydrogen (secondary N) is 2. The number of rotatable bonds is 7. The van der Waals surface area contributed by atoms with Gasteiger partial charge in [0.05, 0.1) is 14.9 Å². The lowest BCUT2D eigenvalue weighted by Crippen LogP contribution is -2.45.